The number of hydrogen-bond donors (Lipinski definition) is 4. The van der Waals surface area contributed by atoms with E-state index in [0.29, 0.717) is 54.8 Å². The van der Waals surface area contributed by atoms with Crippen molar-refractivity contribution in [3.8, 4) is 17.2 Å². The van der Waals surface area contributed by atoms with Gasteiger partial charge in [0, 0.05) is 42.3 Å². The minimum Gasteiger partial charge on any atom is -0.483 e. The average Bonchev–Trinajstić information content (AvgIpc) is 3.71. The molecule has 14 nitrogen and oxygen atoms in total. The summed E-state index contributed by atoms with van der Waals surface area (Å²) < 4.78 is 57.5. The lowest BCUT2D eigenvalue weighted by atomic mass is 9.67. The van der Waals surface area contributed by atoms with Crippen LogP contribution in [0.25, 0.3) is 16.6 Å². The van der Waals surface area contributed by atoms with Crippen LogP contribution in [0.2, 0.25) is 5.02 Å². The first-order valence-electron chi connectivity index (χ1n) is 20.6. The molecular weight excluding hydrogens is 837 g/mol. The third-order valence-corrected chi connectivity index (χ3v) is 13.8. The normalized spacial score (nSPS) is 20.2. The van der Waals surface area contributed by atoms with E-state index in [4.69, 9.17) is 21.1 Å². The first-order chi connectivity index (χ1) is 29.5. The van der Waals surface area contributed by atoms with Crippen LogP contribution in [0, 0.1) is 15.5 Å². The number of para-hydroxylation sites is 1. The van der Waals surface area contributed by atoms with E-state index < -0.39 is 49.3 Å². The molecule has 1 unspecified atom stereocenters. The Morgan fingerprint density at radius 3 is 2.55 bits per heavy atom. The monoisotopic (exact) mass is 885 g/mol. The number of amides is 1. The number of halogens is 2. The third kappa shape index (κ3) is 8.87. The van der Waals surface area contributed by atoms with Gasteiger partial charge in [-0.3, -0.25) is 14.9 Å². The standard InChI is InChI=1S/C45H49ClFN7O7S/c1-43(2)15-13-36(35(25-43)29-7-9-31(46)10-8-29)44(3)27-49-21-22-53(44)37-6-4-5-34(40(37)61-32-23-30-14-18-50-41(30)51-26-32)42(55)52-62(58,59)33-11-12-39(38(24-33)54(56)57)60-28-45(47)16-19-48-20-17-45/h4-12,14,18,23-24,26,48-49H,13,15-17,19-22,25,27-28H2,1-3H3,(H,50,51)(H,52,55). The van der Waals surface area contributed by atoms with Gasteiger partial charge in [0.05, 0.1) is 32.8 Å². The Kier molecular flexibility index (Phi) is 11.8. The number of anilines is 1. The van der Waals surface area contributed by atoms with Crippen LogP contribution in [-0.4, -0.2) is 79.8 Å². The number of pyridine rings is 1. The van der Waals surface area contributed by atoms with Gasteiger partial charge in [-0.1, -0.05) is 43.6 Å². The largest absolute Gasteiger partial charge is 0.483 e. The van der Waals surface area contributed by atoms with Crippen molar-refractivity contribution in [1.82, 2.24) is 25.3 Å². The maximum Gasteiger partial charge on any atom is 0.312 e. The second-order valence-electron chi connectivity index (χ2n) is 17.3. The van der Waals surface area contributed by atoms with Gasteiger partial charge in [-0.15, -0.1) is 0 Å². The number of nitrogens with zero attached hydrogens (tertiary/aromatic N) is 3. The lowest BCUT2D eigenvalue weighted by Gasteiger charge is -2.51. The van der Waals surface area contributed by atoms with Gasteiger partial charge >= 0.3 is 5.69 Å². The zero-order chi connectivity index (χ0) is 43.9. The summed E-state index contributed by atoms with van der Waals surface area (Å²) >= 11 is 6.34. The molecule has 4 N–H and O–H groups in total. The Hall–Kier alpha value is -5.55. The second-order valence-corrected chi connectivity index (χ2v) is 19.4. The molecule has 326 valence electrons. The van der Waals surface area contributed by atoms with Gasteiger partial charge in [0.2, 0.25) is 0 Å². The van der Waals surface area contributed by atoms with E-state index in [1.165, 1.54) is 23.4 Å². The van der Waals surface area contributed by atoms with Gasteiger partial charge in [0.1, 0.15) is 23.7 Å². The summed E-state index contributed by atoms with van der Waals surface area (Å²) in [6.07, 6.45) is 6.19. The molecule has 2 saturated heterocycles. The summed E-state index contributed by atoms with van der Waals surface area (Å²) in [5.74, 6) is -0.905. The van der Waals surface area contributed by atoms with E-state index in [-0.39, 0.29) is 35.3 Å². The lowest BCUT2D eigenvalue weighted by molar-refractivity contribution is -0.386. The molecule has 4 heterocycles. The topological polar surface area (TPSA) is 181 Å². The molecule has 3 aliphatic rings. The molecule has 8 rings (SSSR count). The number of fused-ring (bicyclic) bond motifs is 1. The third-order valence-electron chi connectivity index (χ3n) is 12.3. The van der Waals surface area contributed by atoms with Crippen LogP contribution < -0.4 is 29.7 Å². The summed E-state index contributed by atoms with van der Waals surface area (Å²) in [5.41, 5.74) is 1.65. The number of alkyl halides is 1. The SMILES string of the molecule is CC1(C)CCC(C2(C)CNCCN2c2cccc(C(=O)NS(=O)(=O)c3ccc(OCC4(F)CCNCC4)c([N+](=O)[O-])c3)c2Oc2cnc3[nH]ccc3c2)=C(c2ccc(Cl)cc2)C1. The Morgan fingerprint density at radius 2 is 1.79 bits per heavy atom. The van der Waals surface area contributed by atoms with Gasteiger partial charge in [0.25, 0.3) is 15.9 Å². The van der Waals surface area contributed by atoms with Crippen molar-refractivity contribution >= 4 is 55.5 Å². The van der Waals surface area contributed by atoms with Crippen molar-refractivity contribution in [3.05, 3.63) is 117 Å². The molecule has 2 aliphatic heterocycles. The summed E-state index contributed by atoms with van der Waals surface area (Å²) in [6, 6.07) is 19.5. The molecule has 2 aromatic heterocycles. The Balaban J connectivity index is 1.18. The molecular formula is C45H49ClFN7O7S. The summed E-state index contributed by atoms with van der Waals surface area (Å²) in [7, 11) is -4.72. The number of sulfonamides is 1. The average molecular weight is 886 g/mol. The van der Waals surface area contributed by atoms with Crippen molar-refractivity contribution in [2.24, 2.45) is 5.41 Å². The van der Waals surface area contributed by atoms with Crippen molar-refractivity contribution in [1.29, 1.82) is 0 Å². The number of aromatic nitrogens is 2. The smallest absolute Gasteiger partial charge is 0.312 e. The van der Waals surface area contributed by atoms with Crippen LogP contribution in [-0.2, 0) is 10.0 Å². The van der Waals surface area contributed by atoms with Crippen molar-refractivity contribution in [3.63, 3.8) is 0 Å². The van der Waals surface area contributed by atoms with Crippen LogP contribution in [0.5, 0.6) is 17.2 Å². The van der Waals surface area contributed by atoms with Crippen LogP contribution >= 0.6 is 11.6 Å². The van der Waals surface area contributed by atoms with Crippen LogP contribution in [0.4, 0.5) is 15.8 Å². The molecule has 1 atom stereocenters. The molecule has 0 bridgehead atoms. The summed E-state index contributed by atoms with van der Waals surface area (Å²) in [5, 5.41) is 20.2. The minimum absolute atomic E-state index is 0.0429. The summed E-state index contributed by atoms with van der Waals surface area (Å²) in [6.45, 7) is 8.86. The van der Waals surface area contributed by atoms with Crippen molar-refractivity contribution in [2.45, 2.75) is 69.0 Å². The molecule has 5 aromatic rings. The maximum absolute atomic E-state index is 15.3. The van der Waals surface area contributed by atoms with E-state index in [1.807, 2.05) is 24.3 Å². The van der Waals surface area contributed by atoms with Crippen LogP contribution in [0.1, 0.15) is 68.8 Å². The van der Waals surface area contributed by atoms with Crippen LogP contribution in [0.3, 0.4) is 0 Å². The van der Waals surface area contributed by atoms with Gasteiger partial charge in [-0.05, 0) is 123 Å². The van der Waals surface area contributed by atoms with Crippen LogP contribution in [0.15, 0.2) is 95.7 Å². The fraction of sp³-hybridized carbons (Fsp3) is 0.378. The highest BCUT2D eigenvalue weighted by atomic mass is 35.5. The zero-order valence-electron chi connectivity index (χ0n) is 34.7. The second kappa shape index (κ2) is 17.0. The number of aromatic amines is 1. The highest BCUT2D eigenvalue weighted by Crippen LogP contribution is 2.50. The number of rotatable bonds is 12. The van der Waals surface area contributed by atoms with Crippen molar-refractivity contribution in [2.75, 3.05) is 44.2 Å². The maximum atomic E-state index is 15.3. The molecule has 17 heteroatoms. The fourth-order valence-corrected chi connectivity index (χ4v) is 9.95. The molecule has 2 fully saturated rings. The first kappa shape index (κ1) is 43.1. The molecule has 0 saturated carbocycles. The minimum atomic E-state index is -4.72. The molecule has 1 amide bonds. The predicted octanol–water partition coefficient (Wildman–Crippen LogP) is 8.34. The van der Waals surface area contributed by atoms with E-state index in [2.05, 4.69) is 63.1 Å². The highest BCUT2D eigenvalue weighted by molar-refractivity contribution is 7.90. The lowest BCUT2D eigenvalue weighted by Crippen LogP contribution is -2.61. The van der Waals surface area contributed by atoms with Gasteiger partial charge in [-0.25, -0.2) is 22.5 Å². The number of allylic oxidation sites excluding steroid dienone is 1. The van der Waals surface area contributed by atoms with E-state index in [0.717, 1.165) is 48.4 Å². The van der Waals surface area contributed by atoms with Gasteiger partial charge in [-0.2, -0.15) is 0 Å². The molecule has 3 aromatic carbocycles. The molecule has 1 aliphatic carbocycles. The molecule has 62 heavy (non-hydrogen) atoms. The number of carbonyl (C=O) groups is 1. The van der Waals surface area contributed by atoms with Gasteiger partial charge in [0.15, 0.2) is 11.5 Å². The molecule has 0 radical (unpaired) electrons. The number of piperidine rings is 1. The number of nitrogens with one attached hydrogen (secondary N) is 4. The number of piperazine rings is 1. The quantitative estimate of drug-likeness (QED) is 0.0699. The Bertz CT molecular complexity index is 2670. The number of ether oxygens (including phenoxy) is 2. The molecule has 0 spiro atoms. The number of carbonyl (C=O) groups excluding carboxylic acids is 1. The number of nitro groups is 1. The Labute approximate surface area is 364 Å². The number of H-pyrrole nitrogens is 1. The number of hydrogen-bond acceptors (Lipinski definition) is 11. The van der Waals surface area contributed by atoms with E-state index in [1.54, 1.807) is 18.3 Å². The first-order valence-corrected chi connectivity index (χ1v) is 22.5. The summed E-state index contributed by atoms with van der Waals surface area (Å²) in [4.78, 5) is 35.0. The van der Waals surface area contributed by atoms with E-state index >= 15 is 4.39 Å². The van der Waals surface area contributed by atoms with E-state index in [9.17, 15) is 23.3 Å². The highest BCUT2D eigenvalue weighted by Gasteiger charge is 2.44. The number of nitro benzene ring substituents is 1. The predicted molar refractivity (Wildman–Crippen MR) is 236 cm³/mol. The van der Waals surface area contributed by atoms with Crippen molar-refractivity contribution < 1.29 is 32.0 Å². The van der Waals surface area contributed by atoms with Gasteiger partial charge < -0.3 is 30.0 Å². The zero-order valence-corrected chi connectivity index (χ0v) is 36.3. The Morgan fingerprint density at radius 1 is 1.02 bits per heavy atom. The fourth-order valence-electron chi connectivity index (χ4n) is 8.84. The number of benzene rings is 3.